The quantitative estimate of drug-likeness (QED) is 0.557. The Bertz CT molecular complexity index is 1290. The van der Waals surface area contributed by atoms with E-state index < -0.39 is 0 Å². The summed E-state index contributed by atoms with van der Waals surface area (Å²) in [6, 6.07) is 7.61. The number of thioether (sulfide) groups is 1. The molecule has 178 valence electrons. The fourth-order valence-electron chi connectivity index (χ4n) is 4.99. The van der Waals surface area contributed by atoms with Crippen LogP contribution in [0.15, 0.2) is 40.2 Å². The van der Waals surface area contributed by atoms with Gasteiger partial charge in [0.2, 0.25) is 5.91 Å². The molecule has 3 aromatic rings. The van der Waals surface area contributed by atoms with Gasteiger partial charge in [0.15, 0.2) is 0 Å². The van der Waals surface area contributed by atoms with Crippen LogP contribution in [-0.4, -0.2) is 32.2 Å². The Morgan fingerprint density at radius 1 is 1.18 bits per heavy atom. The molecule has 1 aliphatic heterocycles. The van der Waals surface area contributed by atoms with Crippen LogP contribution >= 0.6 is 11.8 Å². The maximum Gasteiger partial charge on any atom is 0.250 e. The van der Waals surface area contributed by atoms with Gasteiger partial charge in [0.1, 0.15) is 11.6 Å². The molecule has 3 aromatic heterocycles. The Hall–Kier alpha value is -2.78. The van der Waals surface area contributed by atoms with Crippen LogP contribution in [0.5, 0.6) is 0 Å². The summed E-state index contributed by atoms with van der Waals surface area (Å²) in [5, 5.41) is 6.45. The van der Waals surface area contributed by atoms with E-state index in [4.69, 9.17) is 0 Å². The van der Waals surface area contributed by atoms with Crippen molar-refractivity contribution in [2.75, 3.05) is 11.1 Å². The Kier molecular flexibility index (Phi) is 6.65. The highest BCUT2D eigenvalue weighted by molar-refractivity contribution is 8.00. The molecule has 9 heteroatoms. The van der Waals surface area contributed by atoms with Crippen molar-refractivity contribution in [3.63, 3.8) is 0 Å². The van der Waals surface area contributed by atoms with Gasteiger partial charge in [0.25, 0.3) is 5.56 Å². The van der Waals surface area contributed by atoms with Gasteiger partial charge in [0, 0.05) is 31.3 Å². The van der Waals surface area contributed by atoms with Gasteiger partial charge in [-0.1, -0.05) is 0 Å². The van der Waals surface area contributed by atoms with Gasteiger partial charge in [-0.2, -0.15) is 0 Å². The minimum Gasteiger partial charge on any atom is -0.310 e. The predicted molar refractivity (Wildman–Crippen MR) is 131 cm³/mol. The van der Waals surface area contributed by atoms with Gasteiger partial charge in [-0.15, -0.1) is 11.8 Å². The van der Waals surface area contributed by atoms with Crippen LogP contribution < -0.4 is 16.2 Å². The molecule has 7 nitrogen and oxygen atoms in total. The monoisotopic (exact) mass is 481 g/mol. The molecule has 0 radical (unpaired) electrons. The second-order valence-electron chi connectivity index (χ2n) is 9.17. The van der Waals surface area contributed by atoms with E-state index in [-0.39, 0.29) is 17.3 Å². The number of pyridine rings is 3. The number of amides is 1. The number of hydrogen-bond donors (Lipinski definition) is 2. The highest BCUT2D eigenvalue weighted by Crippen LogP contribution is 2.31. The van der Waals surface area contributed by atoms with Crippen LogP contribution in [0.4, 0.5) is 10.2 Å². The molecule has 0 unspecified atom stereocenters. The highest BCUT2D eigenvalue weighted by atomic mass is 32.2. The third-order valence-electron chi connectivity index (χ3n) is 6.94. The molecule has 2 N–H and O–H groups in total. The van der Waals surface area contributed by atoms with Crippen molar-refractivity contribution in [2.24, 2.45) is 13.0 Å². The topological polar surface area (TPSA) is 88.9 Å². The molecule has 0 atom stereocenters. The van der Waals surface area contributed by atoms with E-state index in [2.05, 4.69) is 20.6 Å². The number of aryl methyl sites for hydroxylation is 2. The van der Waals surface area contributed by atoms with E-state index in [1.807, 2.05) is 12.1 Å². The van der Waals surface area contributed by atoms with Crippen LogP contribution in [0.1, 0.15) is 43.4 Å². The molecular formula is C25H28FN5O2S. The second-order valence-corrected chi connectivity index (χ2v) is 10.2. The SMILES string of the molecule is Cn1c(=O)ccc2ncc(F)c(CCC3CCC(NCc4ccc5c(n4)NC(=O)CS5)CC3)c21. The van der Waals surface area contributed by atoms with Crippen LogP contribution in [0.2, 0.25) is 0 Å². The molecule has 1 saturated carbocycles. The van der Waals surface area contributed by atoms with Crippen molar-refractivity contribution in [1.29, 1.82) is 0 Å². The minimum atomic E-state index is -0.337. The number of anilines is 1. The van der Waals surface area contributed by atoms with Gasteiger partial charge in [0.05, 0.1) is 33.6 Å². The summed E-state index contributed by atoms with van der Waals surface area (Å²) >= 11 is 1.52. The molecule has 0 bridgehead atoms. The number of fused-ring (bicyclic) bond motifs is 2. The molecule has 1 fully saturated rings. The Morgan fingerprint density at radius 2 is 2.00 bits per heavy atom. The maximum absolute atomic E-state index is 14.6. The molecule has 2 aliphatic rings. The summed E-state index contributed by atoms with van der Waals surface area (Å²) in [5.74, 6) is 1.30. The van der Waals surface area contributed by atoms with Crippen molar-refractivity contribution >= 4 is 34.5 Å². The van der Waals surface area contributed by atoms with Crippen LogP contribution in [0.3, 0.4) is 0 Å². The number of halogens is 1. The highest BCUT2D eigenvalue weighted by Gasteiger charge is 2.23. The smallest absolute Gasteiger partial charge is 0.250 e. The summed E-state index contributed by atoms with van der Waals surface area (Å²) in [5.41, 5.74) is 2.63. The number of nitrogens with one attached hydrogen (secondary N) is 2. The zero-order valence-corrected chi connectivity index (χ0v) is 20.0. The lowest BCUT2D eigenvalue weighted by Gasteiger charge is -2.29. The zero-order chi connectivity index (χ0) is 23.7. The van der Waals surface area contributed by atoms with E-state index in [1.165, 1.54) is 28.6 Å². The van der Waals surface area contributed by atoms with Crippen molar-refractivity contribution in [3.8, 4) is 0 Å². The molecule has 0 saturated heterocycles. The van der Waals surface area contributed by atoms with Gasteiger partial charge in [-0.3, -0.25) is 14.6 Å². The molecule has 5 rings (SSSR count). The van der Waals surface area contributed by atoms with Crippen molar-refractivity contribution in [2.45, 2.75) is 56.0 Å². The summed E-state index contributed by atoms with van der Waals surface area (Å²) in [4.78, 5) is 33.4. The standard InChI is InChI=1S/C25H28FN5O2S/c1-31-23(33)11-9-20-24(31)18(19(26)13-28-20)8-4-15-2-5-16(6-3-15)27-12-17-7-10-21-25(29-17)30-22(32)14-34-21/h7,9-11,13,15-16,27H,2-6,8,12,14H2,1H3,(H,29,30,32). The van der Waals surface area contributed by atoms with E-state index in [9.17, 15) is 14.0 Å². The first kappa shape index (κ1) is 23.0. The normalized spacial score (nSPS) is 20.2. The lowest BCUT2D eigenvalue weighted by molar-refractivity contribution is -0.113. The van der Waals surface area contributed by atoms with Crippen molar-refractivity contribution in [3.05, 3.63) is 57.9 Å². The van der Waals surface area contributed by atoms with Gasteiger partial charge >= 0.3 is 0 Å². The summed E-state index contributed by atoms with van der Waals surface area (Å²) < 4.78 is 16.1. The van der Waals surface area contributed by atoms with Crippen molar-refractivity contribution < 1.29 is 9.18 Å². The van der Waals surface area contributed by atoms with Gasteiger partial charge in [-0.25, -0.2) is 9.37 Å². The predicted octanol–water partition coefficient (Wildman–Crippen LogP) is 3.79. The summed E-state index contributed by atoms with van der Waals surface area (Å²) in [6.07, 6.45) is 7.09. The van der Waals surface area contributed by atoms with Crippen LogP contribution in [0.25, 0.3) is 11.0 Å². The number of nitrogens with zero attached hydrogens (tertiary/aromatic N) is 3. The number of aromatic nitrogens is 3. The minimum absolute atomic E-state index is 0.00435. The first-order valence-electron chi connectivity index (χ1n) is 11.8. The van der Waals surface area contributed by atoms with E-state index >= 15 is 0 Å². The lowest BCUT2D eigenvalue weighted by Crippen LogP contribution is -2.33. The van der Waals surface area contributed by atoms with Gasteiger partial charge < -0.3 is 15.2 Å². The average molecular weight is 482 g/mol. The Balaban J connectivity index is 1.15. The largest absolute Gasteiger partial charge is 0.310 e. The number of carbonyl (C=O) groups excluding carboxylic acids is 1. The molecule has 1 amide bonds. The van der Waals surface area contributed by atoms with Crippen LogP contribution in [-0.2, 0) is 24.8 Å². The number of rotatable bonds is 6. The first-order valence-corrected chi connectivity index (χ1v) is 12.8. The molecule has 4 heterocycles. The average Bonchev–Trinajstić information content (AvgIpc) is 2.85. The Morgan fingerprint density at radius 3 is 2.82 bits per heavy atom. The van der Waals surface area contributed by atoms with Crippen molar-refractivity contribution in [1.82, 2.24) is 19.9 Å². The summed E-state index contributed by atoms with van der Waals surface area (Å²) in [6.45, 7) is 0.672. The fraction of sp³-hybridized carbons (Fsp3) is 0.440. The molecular weight excluding hydrogens is 453 g/mol. The third kappa shape index (κ3) is 4.86. The maximum atomic E-state index is 14.6. The lowest BCUT2D eigenvalue weighted by atomic mass is 9.82. The second kappa shape index (κ2) is 9.84. The molecule has 0 aromatic carbocycles. The third-order valence-corrected chi connectivity index (χ3v) is 7.98. The van der Waals surface area contributed by atoms with Gasteiger partial charge in [-0.05, 0) is 62.6 Å². The number of hydrogen-bond acceptors (Lipinski definition) is 6. The van der Waals surface area contributed by atoms with E-state index in [0.717, 1.165) is 42.7 Å². The summed E-state index contributed by atoms with van der Waals surface area (Å²) in [7, 11) is 1.68. The van der Waals surface area contributed by atoms with E-state index in [1.54, 1.807) is 13.1 Å². The van der Waals surface area contributed by atoms with Crippen LogP contribution in [0, 0.1) is 11.7 Å². The first-order chi connectivity index (χ1) is 16.5. The Labute approximate surface area is 201 Å². The van der Waals surface area contributed by atoms with E-state index in [0.29, 0.717) is 53.1 Å². The molecule has 1 aliphatic carbocycles. The molecule has 34 heavy (non-hydrogen) atoms. The fourth-order valence-corrected chi connectivity index (χ4v) is 5.75. The zero-order valence-electron chi connectivity index (χ0n) is 19.1. The molecule has 0 spiro atoms. The number of carbonyl (C=O) groups is 1.